The maximum Gasteiger partial charge on any atom is 0.407 e. The van der Waals surface area contributed by atoms with Crippen LogP contribution >= 0.6 is 0 Å². The molecule has 0 rings (SSSR count). The predicted molar refractivity (Wildman–Crippen MR) is 46.9 cm³/mol. The third-order valence-electron chi connectivity index (χ3n) is 1.37. The summed E-state index contributed by atoms with van der Waals surface area (Å²) < 4.78 is 4.34. The summed E-state index contributed by atoms with van der Waals surface area (Å²) in [5.74, 6) is -0.111. The minimum Gasteiger partial charge on any atom is -0.453 e. The van der Waals surface area contributed by atoms with Crippen molar-refractivity contribution >= 4 is 11.9 Å². The number of carbonyl (C=O) groups is 2. The number of ketones is 1. The largest absolute Gasteiger partial charge is 0.453 e. The summed E-state index contributed by atoms with van der Waals surface area (Å²) in [6.07, 6.45) is 1.39. The zero-order valence-electron chi connectivity index (χ0n) is 7.29. The zero-order chi connectivity index (χ0) is 9.56. The smallest absolute Gasteiger partial charge is 0.407 e. The molecule has 0 bridgehead atoms. The molecule has 0 fully saturated rings. The molecule has 12 heavy (non-hydrogen) atoms. The van der Waals surface area contributed by atoms with Gasteiger partial charge in [-0.2, -0.15) is 0 Å². The van der Waals surface area contributed by atoms with Gasteiger partial charge in [-0.1, -0.05) is 6.08 Å². The summed E-state index contributed by atoms with van der Waals surface area (Å²) in [6.45, 7) is 4.88. The van der Waals surface area contributed by atoms with E-state index < -0.39 is 12.1 Å². The number of hydrogen-bond acceptors (Lipinski definition) is 3. The Morgan fingerprint density at radius 3 is 2.67 bits per heavy atom. The summed E-state index contributed by atoms with van der Waals surface area (Å²) in [4.78, 5) is 21.5. The van der Waals surface area contributed by atoms with Crippen LogP contribution in [0.4, 0.5) is 4.79 Å². The van der Waals surface area contributed by atoms with Gasteiger partial charge in [-0.25, -0.2) is 4.79 Å². The minimum atomic E-state index is -0.600. The van der Waals surface area contributed by atoms with Crippen molar-refractivity contribution < 1.29 is 15.8 Å². The van der Waals surface area contributed by atoms with Gasteiger partial charge in [-0.3, -0.25) is 4.79 Å². The van der Waals surface area contributed by atoms with Crippen molar-refractivity contribution in [1.29, 1.82) is 0 Å². The van der Waals surface area contributed by atoms with Crippen molar-refractivity contribution in [2.24, 2.45) is 0 Å². The van der Waals surface area contributed by atoms with Crippen LogP contribution in [0.5, 0.6) is 0 Å². The van der Waals surface area contributed by atoms with Crippen molar-refractivity contribution in [3.05, 3.63) is 12.7 Å². The van der Waals surface area contributed by atoms with E-state index in [1.54, 1.807) is 6.08 Å². The van der Waals surface area contributed by atoms with E-state index in [4.69, 9.17) is 0 Å². The molecule has 1 atom stereocenters. The molecule has 0 spiro atoms. The van der Waals surface area contributed by atoms with Crippen LogP contribution in [-0.2, 0) is 9.53 Å². The molecule has 0 radical (unpaired) electrons. The van der Waals surface area contributed by atoms with E-state index in [9.17, 15) is 9.59 Å². The van der Waals surface area contributed by atoms with Crippen molar-refractivity contribution in [3.8, 4) is 0 Å². The Kier molecular flexibility index (Phi) is 4.76. The second-order valence-corrected chi connectivity index (χ2v) is 2.32. The van der Waals surface area contributed by atoms with Crippen LogP contribution in [0.3, 0.4) is 0 Å². The van der Waals surface area contributed by atoms with Crippen LogP contribution in [-0.4, -0.2) is 25.0 Å². The first-order valence-corrected chi connectivity index (χ1v) is 3.57. The molecule has 4 heteroatoms. The monoisotopic (exact) mass is 173 g/mol. The quantitative estimate of drug-likeness (QED) is 0.648. The summed E-state index contributed by atoms with van der Waals surface area (Å²) in [6, 6.07) is -0.519. The van der Waals surface area contributed by atoms with E-state index in [0.717, 1.165) is 0 Å². The number of alkyl carbamates (subject to hydrolysis) is 1. The molecule has 0 heterocycles. The Morgan fingerprint density at radius 1 is 1.75 bits per heavy atom. The highest BCUT2D eigenvalue weighted by atomic mass is 16.5. The Hall–Kier alpha value is -1.32. The fraction of sp³-hybridized carbons (Fsp3) is 0.500. The fourth-order valence-corrected chi connectivity index (χ4v) is 0.694. The first-order chi connectivity index (χ1) is 5.61. The lowest BCUT2D eigenvalue weighted by Gasteiger charge is -2.11. The van der Waals surface area contributed by atoms with Crippen molar-refractivity contribution in [1.82, 2.24) is 5.32 Å². The highest BCUT2D eigenvalue weighted by molar-refractivity contribution is 5.85. The third-order valence-corrected chi connectivity index (χ3v) is 1.37. The Morgan fingerprint density at radius 2 is 2.33 bits per heavy atom. The molecular formula is C8H15NO3. The van der Waals surface area contributed by atoms with Gasteiger partial charge in [0.2, 0.25) is 0 Å². The molecule has 70 valence electrons. The molecule has 0 aromatic carbocycles. The van der Waals surface area contributed by atoms with E-state index >= 15 is 0 Å². The van der Waals surface area contributed by atoms with Gasteiger partial charge in [-0.05, 0) is 13.3 Å². The van der Waals surface area contributed by atoms with Crippen LogP contribution in [0.15, 0.2) is 12.7 Å². The molecule has 0 aliphatic heterocycles. The lowest BCUT2D eigenvalue weighted by Crippen LogP contribution is -2.39. The van der Waals surface area contributed by atoms with Gasteiger partial charge < -0.3 is 10.1 Å². The highest BCUT2D eigenvalue weighted by Gasteiger charge is 2.14. The lowest BCUT2D eigenvalue weighted by molar-refractivity contribution is -0.118. The number of amides is 1. The first kappa shape index (κ1) is 10.7. The number of nitrogens with one attached hydrogen (secondary N) is 1. The summed E-state index contributed by atoms with van der Waals surface area (Å²) in [5, 5.41) is 2.39. The molecule has 1 N–H and O–H groups in total. The molecule has 0 aromatic rings. The normalized spacial score (nSPS) is 11.5. The second kappa shape index (κ2) is 5.35. The number of hydrogen-bond donors (Lipinski definition) is 1. The average Bonchev–Trinajstić information content (AvgIpc) is 2.03. The fourth-order valence-electron chi connectivity index (χ4n) is 0.694. The molecule has 0 aromatic heterocycles. The van der Waals surface area contributed by atoms with E-state index in [-0.39, 0.29) is 7.21 Å². The number of methoxy groups -OCH3 is 1. The predicted octanol–water partition coefficient (Wildman–Crippen LogP) is 1.12. The molecule has 0 aliphatic carbocycles. The van der Waals surface area contributed by atoms with Gasteiger partial charge in [-0.15, -0.1) is 6.58 Å². The SMILES string of the molecule is C=CC[C@H](NC(=O)OC)C(C)=O.[HH]. The van der Waals surface area contributed by atoms with Gasteiger partial charge >= 0.3 is 6.09 Å². The Labute approximate surface area is 73.1 Å². The number of rotatable bonds is 4. The third kappa shape index (κ3) is 3.75. The summed E-state index contributed by atoms with van der Waals surface area (Å²) >= 11 is 0. The van der Waals surface area contributed by atoms with Gasteiger partial charge in [0.1, 0.15) is 0 Å². The van der Waals surface area contributed by atoms with Gasteiger partial charge in [0.05, 0.1) is 13.2 Å². The van der Waals surface area contributed by atoms with E-state index in [1.165, 1.54) is 14.0 Å². The zero-order valence-corrected chi connectivity index (χ0v) is 7.29. The summed E-state index contributed by atoms with van der Waals surface area (Å²) in [7, 11) is 1.25. The highest BCUT2D eigenvalue weighted by Crippen LogP contribution is 1.94. The van der Waals surface area contributed by atoms with Crippen molar-refractivity contribution in [2.45, 2.75) is 19.4 Å². The minimum absolute atomic E-state index is 0. The first-order valence-electron chi connectivity index (χ1n) is 3.57. The topological polar surface area (TPSA) is 55.4 Å². The molecule has 1 amide bonds. The molecule has 0 saturated heterocycles. The molecule has 4 nitrogen and oxygen atoms in total. The Bertz CT molecular complexity index is 194. The summed E-state index contributed by atoms with van der Waals surface area (Å²) in [5.41, 5.74) is 0. The van der Waals surface area contributed by atoms with Crippen molar-refractivity contribution in [2.75, 3.05) is 7.11 Å². The van der Waals surface area contributed by atoms with Gasteiger partial charge in [0.15, 0.2) is 5.78 Å². The second-order valence-electron chi connectivity index (χ2n) is 2.32. The standard InChI is InChI=1S/C8H13NO3.H2/c1-4-5-7(6(2)10)9-8(11)12-3;/h4,7H,1,5H2,2-3H3,(H,9,11);1H/t7-;/m0./s1. The molecule has 0 aliphatic rings. The van der Waals surface area contributed by atoms with E-state index in [1.807, 2.05) is 0 Å². The van der Waals surface area contributed by atoms with Crippen molar-refractivity contribution in [3.63, 3.8) is 0 Å². The van der Waals surface area contributed by atoms with Crippen LogP contribution < -0.4 is 5.32 Å². The molecular weight excluding hydrogens is 158 g/mol. The maximum absolute atomic E-state index is 10.9. The number of Topliss-reactive ketones (excluding diaryl/α,β-unsaturated/α-hetero) is 1. The number of carbonyl (C=O) groups excluding carboxylic acids is 2. The molecule has 0 unspecified atom stereocenters. The van der Waals surface area contributed by atoms with Gasteiger partial charge in [0, 0.05) is 1.43 Å². The van der Waals surface area contributed by atoms with E-state index in [2.05, 4.69) is 16.6 Å². The van der Waals surface area contributed by atoms with Crippen LogP contribution in [0.25, 0.3) is 0 Å². The molecule has 0 saturated carbocycles. The number of ether oxygens (including phenoxy) is 1. The van der Waals surface area contributed by atoms with Crippen LogP contribution in [0.1, 0.15) is 14.8 Å². The lowest BCUT2D eigenvalue weighted by atomic mass is 10.1. The Balaban J connectivity index is 0. The van der Waals surface area contributed by atoms with Gasteiger partial charge in [0.25, 0.3) is 0 Å². The maximum atomic E-state index is 10.9. The van der Waals surface area contributed by atoms with Crippen LogP contribution in [0, 0.1) is 0 Å². The average molecular weight is 173 g/mol. The van der Waals surface area contributed by atoms with E-state index in [0.29, 0.717) is 6.42 Å². The van der Waals surface area contributed by atoms with Crippen LogP contribution in [0.2, 0.25) is 0 Å².